The van der Waals surface area contributed by atoms with Gasteiger partial charge in [0.05, 0.1) is 24.7 Å². The molecular weight excluding hydrogens is 288 g/mol. The monoisotopic (exact) mass is 304 g/mol. The average molecular weight is 304 g/mol. The van der Waals surface area contributed by atoms with Gasteiger partial charge in [0.2, 0.25) is 0 Å². The molecule has 0 aliphatic rings. The smallest absolute Gasteiger partial charge is 0.307 e. The van der Waals surface area contributed by atoms with Crippen LogP contribution < -0.4 is 4.90 Å². The highest BCUT2D eigenvalue weighted by Gasteiger charge is 2.20. The number of ether oxygens (including phenoxy) is 1. The number of hydrogen-bond donors (Lipinski definition) is 0. The van der Waals surface area contributed by atoms with E-state index in [4.69, 9.17) is 4.74 Å². The fraction of sp³-hybridized carbons (Fsp3) is 0.267. The maximum Gasteiger partial charge on any atom is 0.307 e. The summed E-state index contributed by atoms with van der Waals surface area (Å²) in [4.78, 5) is 30.1. The second kappa shape index (κ2) is 7.54. The van der Waals surface area contributed by atoms with Crippen LogP contribution >= 0.6 is 11.3 Å². The minimum Gasteiger partial charge on any atom is -0.466 e. The Balaban J connectivity index is 2.15. The summed E-state index contributed by atoms with van der Waals surface area (Å²) in [5.74, 6) is -0.469. The molecule has 0 fully saturated rings. The molecule has 0 bridgehead atoms. The zero-order valence-electron chi connectivity index (χ0n) is 11.7. The number of amides is 1. The van der Waals surface area contributed by atoms with Gasteiger partial charge in [-0.15, -0.1) is 11.3 Å². The number of nitrogens with zero attached hydrogens (tertiary/aromatic N) is 2. The highest BCUT2D eigenvalue weighted by Crippen LogP contribution is 2.19. The van der Waals surface area contributed by atoms with Crippen molar-refractivity contribution in [2.24, 2.45) is 0 Å². The summed E-state index contributed by atoms with van der Waals surface area (Å²) in [6, 6.07) is 9.26. The molecule has 0 saturated heterocycles. The number of thiazole rings is 1. The molecule has 0 atom stereocenters. The van der Waals surface area contributed by atoms with Gasteiger partial charge < -0.3 is 9.64 Å². The third-order valence-electron chi connectivity index (χ3n) is 2.80. The number of para-hydroxylation sites is 1. The molecule has 0 aliphatic heterocycles. The predicted octanol–water partition coefficient (Wildman–Crippen LogP) is 2.74. The normalized spacial score (nSPS) is 10.1. The van der Waals surface area contributed by atoms with E-state index >= 15 is 0 Å². The molecule has 0 saturated carbocycles. The molecule has 21 heavy (non-hydrogen) atoms. The Hall–Kier alpha value is -2.21. The van der Waals surface area contributed by atoms with E-state index in [0.29, 0.717) is 11.5 Å². The van der Waals surface area contributed by atoms with Crippen molar-refractivity contribution in [2.45, 2.75) is 13.3 Å². The number of carbonyl (C=O) groups is 2. The summed E-state index contributed by atoms with van der Waals surface area (Å²) < 4.78 is 4.91. The second-order valence-corrected chi connectivity index (χ2v) is 5.10. The van der Waals surface area contributed by atoms with Crippen LogP contribution in [-0.4, -0.2) is 30.0 Å². The molecule has 1 amide bonds. The van der Waals surface area contributed by atoms with Crippen LogP contribution in [0.1, 0.15) is 23.0 Å². The number of anilines is 1. The number of aromatic nitrogens is 1. The molecule has 0 N–H and O–H groups in total. The number of hydrogen-bond acceptors (Lipinski definition) is 5. The van der Waals surface area contributed by atoms with E-state index in [1.54, 1.807) is 17.3 Å². The number of carbonyl (C=O) groups excluding carboxylic acids is 2. The maximum atomic E-state index is 12.5. The van der Waals surface area contributed by atoms with E-state index < -0.39 is 0 Å². The van der Waals surface area contributed by atoms with Crippen molar-refractivity contribution in [1.29, 1.82) is 0 Å². The Morgan fingerprint density at radius 1 is 1.29 bits per heavy atom. The van der Waals surface area contributed by atoms with E-state index in [1.165, 1.54) is 17.5 Å². The largest absolute Gasteiger partial charge is 0.466 e. The van der Waals surface area contributed by atoms with Gasteiger partial charge in [0, 0.05) is 12.2 Å². The SMILES string of the molecule is CCOC(=O)CCN(C(=O)c1cncs1)c1ccccc1. The Kier molecular flexibility index (Phi) is 5.45. The molecule has 110 valence electrons. The summed E-state index contributed by atoms with van der Waals surface area (Å²) in [5, 5.41) is 0. The molecule has 1 heterocycles. The Morgan fingerprint density at radius 3 is 2.67 bits per heavy atom. The quantitative estimate of drug-likeness (QED) is 0.770. The Morgan fingerprint density at radius 2 is 2.05 bits per heavy atom. The third kappa shape index (κ3) is 4.13. The lowest BCUT2D eigenvalue weighted by atomic mass is 10.2. The summed E-state index contributed by atoms with van der Waals surface area (Å²) in [5.41, 5.74) is 2.36. The lowest BCUT2D eigenvalue weighted by Crippen LogP contribution is -2.32. The molecular formula is C15H16N2O3S. The van der Waals surface area contributed by atoms with Gasteiger partial charge in [0.1, 0.15) is 4.88 Å². The van der Waals surface area contributed by atoms with E-state index in [2.05, 4.69) is 4.98 Å². The zero-order valence-corrected chi connectivity index (χ0v) is 12.5. The van der Waals surface area contributed by atoms with Crippen LogP contribution in [0.15, 0.2) is 42.0 Å². The molecule has 2 aromatic rings. The van der Waals surface area contributed by atoms with Crippen LogP contribution in [0.3, 0.4) is 0 Å². The summed E-state index contributed by atoms with van der Waals surface area (Å²) in [6.07, 6.45) is 1.70. The zero-order chi connectivity index (χ0) is 15.1. The molecule has 1 aromatic carbocycles. The Bertz CT molecular complexity index is 584. The standard InChI is InChI=1S/C15H16N2O3S/c1-2-20-14(18)8-9-17(12-6-4-3-5-7-12)15(19)13-10-16-11-21-13/h3-7,10-11H,2,8-9H2,1H3. The summed E-state index contributed by atoms with van der Waals surface area (Å²) in [6.45, 7) is 2.38. The highest BCUT2D eigenvalue weighted by molar-refractivity contribution is 7.11. The fourth-order valence-electron chi connectivity index (χ4n) is 1.85. The molecule has 0 spiro atoms. The van der Waals surface area contributed by atoms with E-state index in [0.717, 1.165) is 5.69 Å². The second-order valence-electron chi connectivity index (χ2n) is 4.21. The first-order valence-electron chi connectivity index (χ1n) is 6.63. The van der Waals surface area contributed by atoms with Crippen molar-refractivity contribution in [1.82, 2.24) is 4.98 Å². The number of rotatable bonds is 6. The predicted molar refractivity (Wildman–Crippen MR) is 81.5 cm³/mol. The Labute approximate surface area is 127 Å². The van der Waals surface area contributed by atoms with Gasteiger partial charge in [-0.1, -0.05) is 18.2 Å². The van der Waals surface area contributed by atoms with Gasteiger partial charge in [-0.25, -0.2) is 0 Å². The topological polar surface area (TPSA) is 59.5 Å². The summed E-state index contributed by atoms with van der Waals surface area (Å²) in [7, 11) is 0. The minimum atomic E-state index is -0.310. The fourth-order valence-corrected chi connectivity index (χ4v) is 2.41. The molecule has 1 aromatic heterocycles. The van der Waals surface area contributed by atoms with Gasteiger partial charge >= 0.3 is 5.97 Å². The van der Waals surface area contributed by atoms with Gasteiger partial charge in [0.25, 0.3) is 5.91 Å². The molecule has 2 rings (SSSR count). The first-order valence-corrected chi connectivity index (χ1v) is 7.51. The first kappa shape index (κ1) is 15.2. The highest BCUT2D eigenvalue weighted by atomic mass is 32.1. The first-order chi connectivity index (χ1) is 10.2. The van der Waals surface area contributed by atoms with Gasteiger partial charge in [-0.2, -0.15) is 0 Å². The van der Waals surface area contributed by atoms with E-state index in [-0.39, 0.29) is 24.8 Å². The average Bonchev–Trinajstić information content (AvgIpc) is 3.03. The molecule has 5 nitrogen and oxygen atoms in total. The number of benzene rings is 1. The molecule has 0 aliphatic carbocycles. The summed E-state index contributed by atoms with van der Waals surface area (Å²) >= 11 is 1.28. The van der Waals surface area contributed by atoms with Crippen LogP contribution in [0.5, 0.6) is 0 Å². The van der Waals surface area contributed by atoms with Crippen molar-refractivity contribution < 1.29 is 14.3 Å². The van der Waals surface area contributed by atoms with Crippen LogP contribution in [0, 0.1) is 0 Å². The van der Waals surface area contributed by atoms with Crippen LogP contribution in [-0.2, 0) is 9.53 Å². The van der Waals surface area contributed by atoms with Gasteiger partial charge in [0.15, 0.2) is 0 Å². The van der Waals surface area contributed by atoms with Crippen LogP contribution in [0.4, 0.5) is 5.69 Å². The van der Waals surface area contributed by atoms with Crippen molar-refractivity contribution in [3.8, 4) is 0 Å². The van der Waals surface area contributed by atoms with Crippen LogP contribution in [0.2, 0.25) is 0 Å². The lowest BCUT2D eigenvalue weighted by molar-refractivity contribution is -0.142. The van der Waals surface area contributed by atoms with E-state index in [9.17, 15) is 9.59 Å². The lowest BCUT2D eigenvalue weighted by Gasteiger charge is -2.21. The third-order valence-corrected chi connectivity index (χ3v) is 3.56. The van der Waals surface area contributed by atoms with E-state index in [1.807, 2.05) is 30.3 Å². The minimum absolute atomic E-state index is 0.159. The maximum absolute atomic E-state index is 12.5. The van der Waals surface area contributed by atoms with Crippen LogP contribution in [0.25, 0.3) is 0 Å². The van der Waals surface area contributed by atoms with Gasteiger partial charge in [-0.05, 0) is 19.1 Å². The molecule has 0 radical (unpaired) electrons. The van der Waals surface area contributed by atoms with Crippen molar-refractivity contribution in [3.05, 3.63) is 46.9 Å². The number of esters is 1. The van der Waals surface area contributed by atoms with Crippen molar-refractivity contribution >= 4 is 28.9 Å². The molecule has 0 unspecified atom stereocenters. The van der Waals surface area contributed by atoms with Crippen molar-refractivity contribution in [3.63, 3.8) is 0 Å². The van der Waals surface area contributed by atoms with Gasteiger partial charge in [-0.3, -0.25) is 14.6 Å². The van der Waals surface area contributed by atoms with Crippen molar-refractivity contribution in [2.75, 3.05) is 18.1 Å². The molecule has 6 heteroatoms.